The second kappa shape index (κ2) is 7.55. The average Bonchev–Trinajstić information content (AvgIpc) is 3.38. The lowest BCUT2D eigenvalue weighted by molar-refractivity contribution is -0.120. The summed E-state index contributed by atoms with van der Waals surface area (Å²) < 4.78 is 5.76. The Hall–Kier alpha value is -3.40. The Balaban J connectivity index is 1.41. The molecule has 1 aliphatic rings. The molecule has 2 aromatic carbocycles. The summed E-state index contributed by atoms with van der Waals surface area (Å²) in [6.07, 6.45) is 8.95. The number of carbonyl (C=O) groups excluding carboxylic acids is 1. The van der Waals surface area contributed by atoms with Crippen LogP contribution in [0.2, 0.25) is 0 Å². The van der Waals surface area contributed by atoms with Gasteiger partial charge in [0.15, 0.2) is 0 Å². The highest BCUT2D eigenvalue weighted by molar-refractivity contribution is 5.89. The molecule has 4 heteroatoms. The van der Waals surface area contributed by atoms with Crippen LogP contribution in [0.25, 0.3) is 11.0 Å². The van der Waals surface area contributed by atoms with E-state index < -0.39 is 0 Å². The quantitative estimate of drug-likeness (QED) is 0.541. The zero-order chi connectivity index (χ0) is 19.6. The average molecular weight is 382 g/mol. The van der Waals surface area contributed by atoms with Crippen LogP contribution in [-0.4, -0.2) is 10.9 Å². The fourth-order valence-corrected chi connectivity index (χ4v) is 4.23. The molecule has 1 N–H and O–H groups in total. The third kappa shape index (κ3) is 3.54. The number of fused-ring (bicyclic) bond motifs is 2. The SMILES string of the molecule is O=C(Cc1coc2cc3c(cc12)CCC3)N[C@H](c1ccccc1)c1ccncc1. The van der Waals surface area contributed by atoms with Gasteiger partial charge in [0, 0.05) is 23.3 Å². The number of aromatic nitrogens is 1. The molecule has 144 valence electrons. The van der Waals surface area contributed by atoms with E-state index in [2.05, 4.69) is 22.4 Å². The van der Waals surface area contributed by atoms with Gasteiger partial charge in [0.2, 0.25) is 5.91 Å². The predicted octanol–water partition coefficient (Wildman–Crippen LogP) is 4.76. The lowest BCUT2D eigenvalue weighted by Gasteiger charge is -2.19. The maximum atomic E-state index is 13.0. The van der Waals surface area contributed by atoms with Crippen molar-refractivity contribution in [2.24, 2.45) is 0 Å². The third-order valence-electron chi connectivity index (χ3n) is 5.70. The number of hydrogen-bond acceptors (Lipinski definition) is 3. The van der Waals surface area contributed by atoms with Gasteiger partial charge in [-0.3, -0.25) is 9.78 Å². The van der Waals surface area contributed by atoms with Crippen LogP contribution in [-0.2, 0) is 24.1 Å². The van der Waals surface area contributed by atoms with E-state index in [9.17, 15) is 4.79 Å². The minimum Gasteiger partial charge on any atom is -0.464 e. The Morgan fingerprint density at radius 3 is 2.52 bits per heavy atom. The summed E-state index contributed by atoms with van der Waals surface area (Å²) in [4.78, 5) is 17.1. The standard InChI is InChI=1S/C25H22N2O2/c28-24(15-21-16-29-23-14-20-8-4-7-19(20)13-22(21)23)27-25(17-5-2-1-3-6-17)18-9-11-26-12-10-18/h1-3,5-6,9-14,16,25H,4,7-8,15H2,(H,27,28)/t25-/m1/s1. The van der Waals surface area contributed by atoms with Gasteiger partial charge < -0.3 is 9.73 Å². The van der Waals surface area contributed by atoms with Gasteiger partial charge in [0.25, 0.3) is 0 Å². The molecule has 4 nitrogen and oxygen atoms in total. The van der Waals surface area contributed by atoms with Crippen molar-refractivity contribution < 1.29 is 9.21 Å². The summed E-state index contributed by atoms with van der Waals surface area (Å²) in [7, 11) is 0. The number of carbonyl (C=O) groups is 1. The van der Waals surface area contributed by atoms with Gasteiger partial charge >= 0.3 is 0 Å². The van der Waals surface area contributed by atoms with Gasteiger partial charge in [-0.05, 0) is 65.8 Å². The predicted molar refractivity (Wildman–Crippen MR) is 113 cm³/mol. The molecule has 1 atom stereocenters. The third-order valence-corrected chi connectivity index (χ3v) is 5.70. The highest BCUT2D eigenvalue weighted by atomic mass is 16.3. The molecule has 0 bridgehead atoms. The van der Waals surface area contributed by atoms with Crippen LogP contribution < -0.4 is 5.32 Å². The summed E-state index contributed by atoms with van der Waals surface area (Å²) >= 11 is 0. The molecule has 0 fully saturated rings. The highest BCUT2D eigenvalue weighted by Crippen LogP contribution is 2.31. The van der Waals surface area contributed by atoms with Crippen molar-refractivity contribution in [1.29, 1.82) is 0 Å². The van der Waals surface area contributed by atoms with Crippen molar-refractivity contribution in [2.75, 3.05) is 0 Å². The molecule has 5 rings (SSSR count). The maximum absolute atomic E-state index is 13.0. The van der Waals surface area contributed by atoms with Gasteiger partial charge in [-0.15, -0.1) is 0 Å². The number of hydrogen-bond donors (Lipinski definition) is 1. The number of nitrogens with one attached hydrogen (secondary N) is 1. The van der Waals surface area contributed by atoms with Crippen LogP contribution in [0.5, 0.6) is 0 Å². The van der Waals surface area contributed by atoms with Gasteiger partial charge in [0.1, 0.15) is 5.58 Å². The minimum atomic E-state index is -0.214. The second-order valence-corrected chi connectivity index (χ2v) is 7.60. The number of aryl methyl sites for hydroxylation is 2. The van der Waals surface area contributed by atoms with E-state index in [1.807, 2.05) is 42.5 Å². The number of benzene rings is 2. The Morgan fingerprint density at radius 2 is 1.72 bits per heavy atom. The summed E-state index contributed by atoms with van der Waals surface area (Å²) in [5.41, 5.74) is 6.64. The second-order valence-electron chi connectivity index (χ2n) is 7.60. The van der Waals surface area contributed by atoms with Crippen molar-refractivity contribution >= 4 is 16.9 Å². The Bertz CT molecular complexity index is 1110. The van der Waals surface area contributed by atoms with E-state index in [0.29, 0.717) is 6.42 Å². The fraction of sp³-hybridized carbons (Fsp3) is 0.200. The summed E-state index contributed by atoms with van der Waals surface area (Å²) in [5.74, 6) is -0.0288. The van der Waals surface area contributed by atoms with E-state index in [1.54, 1.807) is 18.7 Å². The van der Waals surface area contributed by atoms with Crippen molar-refractivity contribution in [3.63, 3.8) is 0 Å². The Morgan fingerprint density at radius 1 is 1.00 bits per heavy atom. The first-order valence-electron chi connectivity index (χ1n) is 10.0. The van der Waals surface area contributed by atoms with E-state index in [0.717, 1.165) is 40.5 Å². The lowest BCUT2D eigenvalue weighted by Crippen LogP contribution is -2.30. The van der Waals surface area contributed by atoms with E-state index >= 15 is 0 Å². The van der Waals surface area contributed by atoms with Gasteiger partial charge in [-0.2, -0.15) is 0 Å². The summed E-state index contributed by atoms with van der Waals surface area (Å²) in [6.45, 7) is 0. The van der Waals surface area contributed by atoms with Crippen LogP contribution in [0.3, 0.4) is 0 Å². The molecular formula is C25H22N2O2. The van der Waals surface area contributed by atoms with Gasteiger partial charge in [-0.1, -0.05) is 30.3 Å². The number of rotatable bonds is 5. The van der Waals surface area contributed by atoms with Gasteiger partial charge in [-0.25, -0.2) is 0 Å². The first kappa shape index (κ1) is 17.7. The van der Waals surface area contributed by atoms with E-state index in [1.165, 1.54) is 17.5 Å². The number of pyridine rings is 1. The fourth-order valence-electron chi connectivity index (χ4n) is 4.23. The normalized spacial score (nSPS) is 13.9. The first-order chi connectivity index (χ1) is 14.3. The minimum absolute atomic E-state index is 0.0288. The summed E-state index contributed by atoms with van der Waals surface area (Å²) in [6, 6.07) is 18.0. The van der Waals surface area contributed by atoms with Gasteiger partial charge in [0.05, 0.1) is 18.7 Å². The molecule has 4 aromatic rings. The Kier molecular flexibility index (Phi) is 4.60. The topological polar surface area (TPSA) is 55.1 Å². The van der Waals surface area contributed by atoms with Crippen LogP contribution >= 0.6 is 0 Å². The highest BCUT2D eigenvalue weighted by Gasteiger charge is 2.20. The smallest absolute Gasteiger partial charge is 0.225 e. The molecule has 0 radical (unpaired) electrons. The molecule has 2 aromatic heterocycles. The maximum Gasteiger partial charge on any atom is 0.225 e. The van der Waals surface area contributed by atoms with E-state index in [-0.39, 0.29) is 11.9 Å². The van der Waals surface area contributed by atoms with Crippen molar-refractivity contribution in [3.05, 3.63) is 101 Å². The van der Waals surface area contributed by atoms with Crippen molar-refractivity contribution in [2.45, 2.75) is 31.7 Å². The van der Waals surface area contributed by atoms with Crippen LogP contribution in [0.1, 0.15) is 40.3 Å². The molecule has 0 spiro atoms. The monoisotopic (exact) mass is 382 g/mol. The van der Waals surface area contributed by atoms with E-state index in [4.69, 9.17) is 4.42 Å². The van der Waals surface area contributed by atoms with Crippen LogP contribution in [0, 0.1) is 0 Å². The molecule has 0 saturated heterocycles. The van der Waals surface area contributed by atoms with Crippen LogP contribution in [0.15, 0.2) is 77.7 Å². The number of furan rings is 1. The largest absolute Gasteiger partial charge is 0.464 e. The zero-order valence-corrected chi connectivity index (χ0v) is 16.1. The van der Waals surface area contributed by atoms with Crippen LogP contribution in [0.4, 0.5) is 0 Å². The number of nitrogens with zero attached hydrogens (tertiary/aromatic N) is 1. The molecule has 2 heterocycles. The first-order valence-corrected chi connectivity index (χ1v) is 10.0. The Labute approximate surface area is 169 Å². The summed E-state index contributed by atoms with van der Waals surface area (Å²) in [5, 5.41) is 4.25. The molecule has 0 aliphatic heterocycles. The van der Waals surface area contributed by atoms with Crippen molar-refractivity contribution in [3.8, 4) is 0 Å². The molecule has 1 amide bonds. The molecule has 29 heavy (non-hydrogen) atoms. The van der Waals surface area contributed by atoms with Crippen molar-refractivity contribution in [1.82, 2.24) is 10.3 Å². The zero-order valence-electron chi connectivity index (χ0n) is 16.1. The molecule has 0 saturated carbocycles. The lowest BCUT2D eigenvalue weighted by atomic mass is 9.99. The molecule has 1 aliphatic carbocycles. The molecule has 0 unspecified atom stereocenters. The number of amides is 1. The molecular weight excluding hydrogens is 360 g/mol.